The Morgan fingerprint density at radius 1 is 0.971 bits per heavy atom. The van der Waals surface area contributed by atoms with E-state index < -0.39 is 50.0 Å². The molecule has 2 N–H and O–H groups in total. The molecule has 5 rings (SSSR count). The zero-order valence-corrected chi connectivity index (χ0v) is 18.9. The minimum Gasteiger partial charge on any atom is -0.343 e. The van der Waals surface area contributed by atoms with Crippen molar-refractivity contribution < 1.29 is 26.0 Å². The van der Waals surface area contributed by atoms with Crippen LogP contribution in [0.5, 0.6) is 0 Å². The van der Waals surface area contributed by atoms with Crippen molar-refractivity contribution in [3.05, 3.63) is 89.3 Å². The molecule has 0 aliphatic carbocycles. The third kappa shape index (κ3) is 3.87. The van der Waals surface area contributed by atoms with Gasteiger partial charge in [-0.1, -0.05) is 18.2 Å². The van der Waals surface area contributed by atoms with Gasteiger partial charge in [0.1, 0.15) is 28.7 Å². The second-order valence-corrected chi connectivity index (χ2v) is 9.88. The number of nitrogens with one attached hydrogen (secondary N) is 2. The summed E-state index contributed by atoms with van der Waals surface area (Å²) in [5.41, 5.74) is -1.04. The highest BCUT2D eigenvalue weighted by atomic mass is 32.2. The molecule has 0 amide bonds. The fourth-order valence-corrected chi connectivity index (χ4v) is 5.61. The molecule has 35 heavy (non-hydrogen) atoms. The Morgan fingerprint density at radius 2 is 1.77 bits per heavy atom. The van der Waals surface area contributed by atoms with Crippen LogP contribution in [0.25, 0.3) is 33.5 Å². The highest BCUT2D eigenvalue weighted by molar-refractivity contribution is 7.90. The maximum Gasteiger partial charge on any atom is 0.182 e. The van der Waals surface area contributed by atoms with Crippen molar-refractivity contribution in [1.29, 1.82) is 0 Å². The summed E-state index contributed by atoms with van der Waals surface area (Å²) in [6.45, 7) is 1.48. The number of hydrogen-bond donors (Lipinski definition) is 2. The minimum atomic E-state index is -4.19. The van der Waals surface area contributed by atoms with E-state index in [2.05, 4.69) is 20.2 Å². The van der Waals surface area contributed by atoms with E-state index in [1.54, 1.807) is 6.20 Å². The van der Waals surface area contributed by atoms with Crippen LogP contribution in [0.3, 0.4) is 0 Å². The SMILES string of the molecule is Cc1ccc(F)cc1S(=O)(=O)Cc1ccc(F)c(-c2ccc3c(-c4ncc[nH]4)[nH]nc3c2F)c1F. The number of fused-ring (bicyclic) bond motifs is 1. The molecule has 6 nitrogen and oxygen atoms in total. The Labute approximate surface area is 196 Å². The number of benzene rings is 3. The van der Waals surface area contributed by atoms with Gasteiger partial charge < -0.3 is 4.98 Å². The Bertz CT molecular complexity index is 1700. The summed E-state index contributed by atoms with van der Waals surface area (Å²) in [4.78, 5) is 6.63. The van der Waals surface area contributed by atoms with Gasteiger partial charge in [-0.15, -0.1) is 0 Å². The Balaban J connectivity index is 1.60. The van der Waals surface area contributed by atoms with Crippen LogP contribution in [0.4, 0.5) is 17.6 Å². The first-order chi connectivity index (χ1) is 16.7. The van der Waals surface area contributed by atoms with E-state index in [-0.39, 0.29) is 21.5 Å². The Hall–Kier alpha value is -3.99. The molecule has 3 aromatic carbocycles. The molecule has 0 aliphatic heterocycles. The predicted molar refractivity (Wildman–Crippen MR) is 121 cm³/mol. The molecule has 11 heteroatoms. The molecule has 178 valence electrons. The van der Waals surface area contributed by atoms with Crippen molar-refractivity contribution in [3.63, 3.8) is 0 Å². The van der Waals surface area contributed by atoms with E-state index >= 15 is 8.78 Å². The van der Waals surface area contributed by atoms with Gasteiger partial charge in [0.05, 0.1) is 16.2 Å². The molecule has 0 saturated heterocycles. The second-order valence-electron chi connectivity index (χ2n) is 7.92. The van der Waals surface area contributed by atoms with Crippen LogP contribution in [-0.4, -0.2) is 28.6 Å². The van der Waals surface area contributed by atoms with Crippen LogP contribution in [0, 0.1) is 30.2 Å². The molecule has 0 atom stereocenters. The monoisotopic (exact) mass is 500 g/mol. The molecule has 0 saturated carbocycles. The topological polar surface area (TPSA) is 91.5 Å². The molecule has 5 aromatic rings. The lowest BCUT2D eigenvalue weighted by Gasteiger charge is -2.13. The van der Waals surface area contributed by atoms with E-state index in [9.17, 15) is 17.2 Å². The molecule has 2 aromatic heterocycles. The Morgan fingerprint density at radius 3 is 2.51 bits per heavy atom. The van der Waals surface area contributed by atoms with Gasteiger partial charge in [-0.3, -0.25) is 5.10 Å². The first kappa shape index (κ1) is 22.8. The van der Waals surface area contributed by atoms with Crippen molar-refractivity contribution in [2.24, 2.45) is 0 Å². The Kier molecular flexibility index (Phi) is 5.43. The van der Waals surface area contributed by atoms with Gasteiger partial charge >= 0.3 is 0 Å². The molecule has 0 spiro atoms. The lowest BCUT2D eigenvalue weighted by molar-refractivity contribution is 0.569. The highest BCUT2D eigenvalue weighted by Gasteiger charge is 2.26. The van der Waals surface area contributed by atoms with Crippen LogP contribution < -0.4 is 0 Å². The molecular formula is C24H16F4N4O2S. The van der Waals surface area contributed by atoms with Crippen molar-refractivity contribution in [2.75, 3.05) is 0 Å². The summed E-state index contributed by atoms with van der Waals surface area (Å²) in [6.07, 6.45) is 3.07. The maximum absolute atomic E-state index is 15.5. The van der Waals surface area contributed by atoms with Crippen LogP contribution >= 0.6 is 0 Å². The van der Waals surface area contributed by atoms with Gasteiger partial charge in [0.2, 0.25) is 0 Å². The molecular weight excluding hydrogens is 484 g/mol. The van der Waals surface area contributed by atoms with E-state index in [0.717, 1.165) is 24.3 Å². The molecule has 0 bridgehead atoms. The minimum absolute atomic E-state index is 0.166. The number of rotatable bonds is 5. The fraction of sp³-hybridized carbons (Fsp3) is 0.0833. The number of halogens is 4. The summed E-state index contributed by atoms with van der Waals surface area (Å²) in [6, 6.07) is 7.71. The number of imidazole rings is 1. The molecule has 0 fully saturated rings. The van der Waals surface area contributed by atoms with Gasteiger partial charge in [-0.05, 0) is 36.8 Å². The van der Waals surface area contributed by atoms with Gasteiger partial charge in [0.15, 0.2) is 21.5 Å². The summed E-state index contributed by atoms with van der Waals surface area (Å²) in [5, 5.41) is 6.91. The summed E-state index contributed by atoms with van der Waals surface area (Å²) in [7, 11) is -4.19. The number of aromatic amines is 2. The van der Waals surface area contributed by atoms with E-state index in [4.69, 9.17) is 0 Å². The lowest BCUT2D eigenvalue weighted by atomic mass is 9.99. The molecule has 0 unspecified atom stereocenters. The van der Waals surface area contributed by atoms with Crippen molar-refractivity contribution >= 4 is 20.7 Å². The van der Waals surface area contributed by atoms with E-state index in [1.165, 1.54) is 31.3 Å². The predicted octanol–water partition coefficient (Wildman–Crippen LogP) is 5.46. The van der Waals surface area contributed by atoms with Crippen molar-refractivity contribution in [1.82, 2.24) is 20.2 Å². The van der Waals surface area contributed by atoms with Gasteiger partial charge in [0, 0.05) is 28.9 Å². The second kappa shape index (κ2) is 8.35. The number of H-pyrrole nitrogens is 2. The third-order valence-corrected chi connectivity index (χ3v) is 7.47. The number of aryl methyl sites for hydroxylation is 1. The smallest absolute Gasteiger partial charge is 0.182 e. The quantitative estimate of drug-likeness (QED) is 0.314. The highest BCUT2D eigenvalue weighted by Crippen LogP contribution is 2.36. The summed E-state index contributed by atoms with van der Waals surface area (Å²) >= 11 is 0. The first-order valence-corrected chi connectivity index (χ1v) is 11.9. The van der Waals surface area contributed by atoms with Crippen LogP contribution in [-0.2, 0) is 15.6 Å². The van der Waals surface area contributed by atoms with Crippen LogP contribution in [0.15, 0.2) is 59.8 Å². The van der Waals surface area contributed by atoms with E-state index in [1.807, 2.05) is 0 Å². The molecule has 0 aliphatic rings. The van der Waals surface area contributed by atoms with E-state index in [0.29, 0.717) is 16.9 Å². The van der Waals surface area contributed by atoms with Crippen LogP contribution in [0.2, 0.25) is 0 Å². The number of hydrogen-bond acceptors (Lipinski definition) is 4. The average molecular weight is 500 g/mol. The third-order valence-electron chi connectivity index (χ3n) is 5.67. The zero-order valence-electron chi connectivity index (χ0n) is 18.0. The lowest BCUT2D eigenvalue weighted by Crippen LogP contribution is -2.10. The molecule has 2 heterocycles. The summed E-state index contributed by atoms with van der Waals surface area (Å²) in [5.74, 6) is -4.54. The standard InChI is InChI=1S/C24H16F4N4O2S/c1-12-2-4-14(25)10-18(12)35(33,34)11-13-3-7-17(26)19(20(13)27)15-5-6-16-22(21(15)28)31-32-23(16)24-29-8-9-30-24/h2-10H,11H2,1H3,(H,29,30)(H,31,32). The van der Waals surface area contributed by atoms with Gasteiger partial charge in [-0.25, -0.2) is 31.0 Å². The largest absolute Gasteiger partial charge is 0.343 e. The number of aromatic nitrogens is 4. The number of nitrogens with zero attached hydrogens (tertiary/aromatic N) is 2. The van der Waals surface area contributed by atoms with Gasteiger partial charge in [0.25, 0.3) is 0 Å². The number of sulfone groups is 1. The fourth-order valence-electron chi connectivity index (χ4n) is 3.97. The summed E-state index contributed by atoms with van der Waals surface area (Å²) < 4.78 is 85.0. The van der Waals surface area contributed by atoms with Crippen molar-refractivity contribution in [3.8, 4) is 22.6 Å². The molecule has 0 radical (unpaired) electrons. The van der Waals surface area contributed by atoms with Crippen LogP contribution in [0.1, 0.15) is 11.1 Å². The first-order valence-electron chi connectivity index (χ1n) is 10.3. The van der Waals surface area contributed by atoms with Gasteiger partial charge in [-0.2, -0.15) is 5.10 Å². The normalized spacial score (nSPS) is 11.9. The zero-order chi connectivity index (χ0) is 24.9. The maximum atomic E-state index is 15.5. The average Bonchev–Trinajstić information content (AvgIpc) is 3.49. The van der Waals surface area contributed by atoms with Crippen molar-refractivity contribution in [2.45, 2.75) is 17.6 Å².